The number of alkyl carbamates (subject to hydrolysis) is 1. The molecule has 4 nitrogen and oxygen atoms in total. The smallest absolute Gasteiger partial charge is 0.407 e. The number of nitrogens with one attached hydrogen (secondary N) is 1. The van der Waals surface area contributed by atoms with Gasteiger partial charge in [0.05, 0.1) is 17.5 Å². The highest BCUT2D eigenvalue weighted by Crippen LogP contribution is 2.36. The highest BCUT2D eigenvalue weighted by molar-refractivity contribution is 7.16. The molecule has 0 aliphatic carbocycles. The number of carbonyl (C=O) groups excluding carboxylic acids is 1. The zero-order chi connectivity index (χ0) is 15.8. The molecule has 0 saturated carbocycles. The van der Waals surface area contributed by atoms with Crippen LogP contribution in [0, 0.1) is 0 Å². The summed E-state index contributed by atoms with van der Waals surface area (Å²) in [5.74, 6) is 0. The summed E-state index contributed by atoms with van der Waals surface area (Å²) in [6, 6.07) is 1.63. The molecule has 19 heavy (non-hydrogen) atoms. The van der Waals surface area contributed by atoms with E-state index >= 15 is 0 Å². The third-order valence-corrected chi connectivity index (χ3v) is 3.76. The van der Waals surface area contributed by atoms with Crippen LogP contribution in [0.5, 0.6) is 0 Å². The summed E-state index contributed by atoms with van der Waals surface area (Å²) in [5, 5.41) is 2.64. The molecule has 106 valence electrons. The number of amides is 1. The van der Waals surface area contributed by atoms with Crippen LogP contribution in [-0.4, -0.2) is 24.8 Å². The van der Waals surface area contributed by atoms with Crippen LogP contribution >= 0.6 is 22.9 Å². The number of rotatable bonds is 2. The Morgan fingerprint density at radius 1 is 1.74 bits per heavy atom. The largest absolute Gasteiger partial charge is 0.444 e. The van der Waals surface area contributed by atoms with E-state index in [1.807, 2.05) is 0 Å². The van der Waals surface area contributed by atoms with Gasteiger partial charge in [-0.3, -0.25) is 0 Å². The van der Waals surface area contributed by atoms with Crippen LogP contribution in [0.25, 0.3) is 0 Å². The van der Waals surface area contributed by atoms with E-state index in [-0.39, 0.29) is 13.2 Å². The van der Waals surface area contributed by atoms with Crippen LogP contribution in [0.2, 0.25) is 4.34 Å². The lowest BCUT2D eigenvalue weighted by Crippen LogP contribution is -2.36. The van der Waals surface area contributed by atoms with Gasteiger partial charge in [-0.25, -0.2) is 4.79 Å². The van der Waals surface area contributed by atoms with Gasteiger partial charge in [-0.15, -0.1) is 11.3 Å². The maximum absolute atomic E-state index is 11.7. The van der Waals surface area contributed by atoms with E-state index in [2.05, 4.69) is 5.32 Å². The van der Waals surface area contributed by atoms with Gasteiger partial charge in [0.2, 0.25) is 0 Å². The first-order valence-electron chi connectivity index (χ1n) is 6.97. The van der Waals surface area contributed by atoms with Gasteiger partial charge in [0.25, 0.3) is 0 Å². The lowest BCUT2D eigenvalue weighted by Gasteiger charge is -2.24. The Hall–Kier alpha value is -0.780. The fourth-order valence-corrected chi connectivity index (χ4v) is 2.96. The van der Waals surface area contributed by atoms with E-state index in [9.17, 15) is 4.79 Å². The summed E-state index contributed by atoms with van der Waals surface area (Å²) in [5.41, 5.74) is -0.0217. The topological polar surface area (TPSA) is 47.6 Å². The normalized spacial score (nSPS) is 23.1. The molecular formula is C13H18ClNO3S. The molecule has 0 bridgehead atoms. The van der Waals surface area contributed by atoms with Crippen molar-refractivity contribution in [3.05, 3.63) is 20.8 Å². The highest BCUT2D eigenvalue weighted by Gasteiger charge is 2.25. The zero-order valence-electron chi connectivity index (χ0n) is 13.1. The fraction of sp³-hybridized carbons (Fsp3) is 0.615. The maximum atomic E-state index is 11.7. The number of ether oxygens (including phenoxy) is 2. The summed E-state index contributed by atoms with van der Waals surface area (Å²) in [6.07, 6.45) is -2.49. The van der Waals surface area contributed by atoms with E-state index in [0.29, 0.717) is 14.8 Å². The standard InChI is InChI=1S/C13H18ClNO3S/c1-13(2,3)18-12(16)15-7-9-11-8(4-5-17-9)6-10(14)19-11/h6,9H,4-5,7H2,1-3H3,(H,15,16)/i4D2. The molecule has 1 aliphatic heterocycles. The molecule has 0 aromatic carbocycles. The van der Waals surface area contributed by atoms with E-state index in [1.165, 1.54) is 11.3 Å². The lowest BCUT2D eigenvalue weighted by atomic mass is 10.1. The number of carbonyl (C=O) groups is 1. The minimum absolute atomic E-state index is 0.0618. The number of hydrogen-bond acceptors (Lipinski definition) is 4. The predicted octanol–water partition coefficient (Wildman–Crippen LogP) is 3.54. The summed E-state index contributed by atoms with van der Waals surface area (Å²) >= 11 is 7.25. The third kappa shape index (κ3) is 4.09. The molecule has 0 spiro atoms. The highest BCUT2D eigenvalue weighted by atomic mass is 35.5. The molecule has 1 atom stereocenters. The molecule has 1 unspecified atom stereocenters. The molecule has 2 rings (SSSR count). The van der Waals surface area contributed by atoms with Crippen LogP contribution in [0.3, 0.4) is 0 Å². The van der Waals surface area contributed by atoms with Gasteiger partial charge in [0.1, 0.15) is 11.7 Å². The van der Waals surface area contributed by atoms with Crippen molar-refractivity contribution in [2.24, 2.45) is 0 Å². The molecule has 0 radical (unpaired) electrons. The average molecular weight is 306 g/mol. The molecule has 1 aromatic heterocycles. The summed E-state index contributed by atoms with van der Waals surface area (Å²) in [6.45, 7) is 5.52. The Bertz CT molecular complexity index is 542. The van der Waals surface area contributed by atoms with Crippen molar-refractivity contribution in [1.29, 1.82) is 0 Å². The molecule has 0 fully saturated rings. The van der Waals surface area contributed by atoms with Gasteiger partial charge < -0.3 is 14.8 Å². The molecule has 1 N–H and O–H groups in total. The maximum Gasteiger partial charge on any atom is 0.407 e. The van der Waals surface area contributed by atoms with Crippen molar-refractivity contribution in [3.63, 3.8) is 0 Å². The molecule has 1 aliphatic rings. The molecular weight excluding hydrogens is 286 g/mol. The van der Waals surface area contributed by atoms with Gasteiger partial charge in [-0.05, 0) is 38.8 Å². The first-order chi connectivity index (χ1) is 9.58. The monoisotopic (exact) mass is 305 g/mol. The van der Waals surface area contributed by atoms with Crippen LogP contribution in [0.4, 0.5) is 4.79 Å². The van der Waals surface area contributed by atoms with Crippen LogP contribution in [0.1, 0.15) is 40.1 Å². The van der Waals surface area contributed by atoms with E-state index < -0.39 is 24.2 Å². The van der Waals surface area contributed by atoms with Gasteiger partial charge in [0, 0.05) is 7.62 Å². The SMILES string of the molecule is [2H]C1([2H])COC(CNC(=O)OC(C)(C)C)c2sc(Cl)cc21. The molecule has 1 aromatic rings. The van der Waals surface area contributed by atoms with Crippen LogP contribution in [0.15, 0.2) is 6.07 Å². The minimum atomic E-state index is -1.55. The second-order valence-corrected chi connectivity index (χ2v) is 6.90. The quantitative estimate of drug-likeness (QED) is 0.909. The Kier molecular flexibility index (Phi) is 3.59. The summed E-state index contributed by atoms with van der Waals surface area (Å²) in [4.78, 5) is 12.4. The second kappa shape index (κ2) is 5.69. The van der Waals surface area contributed by atoms with Gasteiger partial charge in [0.15, 0.2) is 0 Å². The Labute approximate surface area is 124 Å². The first-order valence-corrected chi connectivity index (χ1v) is 7.16. The third-order valence-electron chi connectivity index (χ3n) is 2.40. The van der Waals surface area contributed by atoms with Crippen molar-refractivity contribution in [3.8, 4) is 0 Å². The van der Waals surface area contributed by atoms with Crippen molar-refractivity contribution >= 4 is 29.0 Å². The minimum Gasteiger partial charge on any atom is -0.444 e. The van der Waals surface area contributed by atoms with E-state index in [4.69, 9.17) is 23.8 Å². The first kappa shape index (κ1) is 12.0. The summed E-state index contributed by atoms with van der Waals surface area (Å²) in [7, 11) is 0. The molecule has 2 heterocycles. The molecule has 6 heteroatoms. The number of halogens is 1. The summed E-state index contributed by atoms with van der Waals surface area (Å²) < 4.78 is 27.0. The van der Waals surface area contributed by atoms with Crippen molar-refractivity contribution in [2.75, 3.05) is 13.2 Å². The van der Waals surface area contributed by atoms with Crippen molar-refractivity contribution in [1.82, 2.24) is 5.32 Å². The fourth-order valence-electron chi connectivity index (χ4n) is 1.69. The van der Waals surface area contributed by atoms with Gasteiger partial charge in [-0.1, -0.05) is 11.6 Å². The van der Waals surface area contributed by atoms with Crippen molar-refractivity contribution in [2.45, 2.75) is 38.8 Å². The van der Waals surface area contributed by atoms with Gasteiger partial charge in [-0.2, -0.15) is 0 Å². The zero-order valence-corrected chi connectivity index (χ0v) is 12.7. The van der Waals surface area contributed by atoms with Crippen LogP contribution < -0.4 is 5.32 Å². The number of fused-ring (bicyclic) bond motifs is 1. The lowest BCUT2D eigenvalue weighted by molar-refractivity contribution is 0.0306. The Morgan fingerprint density at radius 2 is 2.47 bits per heavy atom. The van der Waals surface area contributed by atoms with E-state index in [1.54, 1.807) is 26.8 Å². The average Bonchev–Trinajstić information content (AvgIpc) is 2.69. The second-order valence-electron chi connectivity index (χ2n) is 5.19. The molecule has 0 saturated heterocycles. The van der Waals surface area contributed by atoms with E-state index in [0.717, 1.165) is 0 Å². The van der Waals surface area contributed by atoms with Crippen molar-refractivity contribution < 1.29 is 17.0 Å². The predicted molar refractivity (Wildman–Crippen MR) is 76.0 cm³/mol. The van der Waals surface area contributed by atoms with Crippen LogP contribution in [-0.2, 0) is 15.8 Å². The Morgan fingerprint density at radius 3 is 3.16 bits per heavy atom. The molecule has 1 amide bonds. The van der Waals surface area contributed by atoms with Gasteiger partial charge >= 0.3 is 6.09 Å². The number of thiophene rings is 1. The Balaban J connectivity index is 2.04. The number of hydrogen-bond donors (Lipinski definition) is 1.